The van der Waals surface area contributed by atoms with Crippen LogP contribution in [0.3, 0.4) is 0 Å². The van der Waals surface area contributed by atoms with E-state index in [1.165, 1.54) is 4.90 Å². The van der Waals surface area contributed by atoms with Crippen LogP contribution in [0, 0.1) is 12.8 Å². The van der Waals surface area contributed by atoms with Crippen molar-refractivity contribution in [1.82, 2.24) is 10.9 Å². The zero-order valence-corrected chi connectivity index (χ0v) is 17.1. The molecule has 1 fully saturated rings. The first kappa shape index (κ1) is 20.5. The van der Waals surface area contributed by atoms with E-state index in [0.717, 1.165) is 5.56 Å². The number of nitrogens with zero attached hydrogens (tertiary/aromatic N) is 1. The van der Waals surface area contributed by atoms with Gasteiger partial charge in [0.25, 0.3) is 5.91 Å². The van der Waals surface area contributed by atoms with Crippen LogP contribution in [0.1, 0.15) is 12.0 Å². The summed E-state index contributed by atoms with van der Waals surface area (Å²) in [6.45, 7) is 2.78. The van der Waals surface area contributed by atoms with E-state index in [1.807, 2.05) is 25.1 Å². The molecular formula is C22H23N3O6. The minimum absolute atomic E-state index is 0.0514. The van der Waals surface area contributed by atoms with Gasteiger partial charge in [-0.15, -0.1) is 0 Å². The number of carbonyl (C=O) groups excluding carboxylic acids is 3. The Morgan fingerprint density at radius 1 is 1.10 bits per heavy atom. The molecule has 3 amide bonds. The summed E-state index contributed by atoms with van der Waals surface area (Å²) in [6.07, 6.45) is 0.0514. The normalized spacial score (nSPS) is 17.3. The standard InChI is InChI=1S/C22H23N3O6/c1-14-4-2-3-5-17(14)31-13-20(26)23-24-22(28)15-10-21(27)25(12-15)16-6-7-18-19(11-16)30-9-8-29-18/h2-7,11,15H,8-10,12-13H2,1H3,(H,23,26)(H,24,28)/t15-/m1/s1. The second kappa shape index (κ2) is 8.95. The van der Waals surface area contributed by atoms with Crippen LogP contribution in [0.15, 0.2) is 42.5 Å². The minimum Gasteiger partial charge on any atom is -0.486 e. The van der Waals surface area contributed by atoms with Crippen LogP contribution in [0.4, 0.5) is 5.69 Å². The van der Waals surface area contributed by atoms with Crippen molar-refractivity contribution in [3.63, 3.8) is 0 Å². The predicted octanol–water partition coefficient (Wildman–Crippen LogP) is 1.35. The van der Waals surface area contributed by atoms with Gasteiger partial charge in [-0.3, -0.25) is 25.2 Å². The zero-order valence-electron chi connectivity index (χ0n) is 17.1. The number of hydrogen-bond acceptors (Lipinski definition) is 6. The molecule has 0 unspecified atom stereocenters. The number of hydrazine groups is 1. The summed E-state index contributed by atoms with van der Waals surface area (Å²) in [5, 5.41) is 0. The van der Waals surface area contributed by atoms with Crippen LogP contribution < -0.4 is 30.0 Å². The molecule has 31 heavy (non-hydrogen) atoms. The lowest BCUT2D eigenvalue weighted by Gasteiger charge is -2.22. The third kappa shape index (κ3) is 4.71. The third-order valence-corrected chi connectivity index (χ3v) is 5.11. The quantitative estimate of drug-likeness (QED) is 0.701. The summed E-state index contributed by atoms with van der Waals surface area (Å²) in [6, 6.07) is 12.6. The number of hydrogen-bond donors (Lipinski definition) is 2. The van der Waals surface area contributed by atoms with Crippen LogP contribution in [-0.4, -0.2) is 44.1 Å². The Balaban J connectivity index is 1.28. The fourth-order valence-electron chi connectivity index (χ4n) is 3.46. The molecule has 9 heteroatoms. The Labute approximate surface area is 179 Å². The first-order valence-corrected chi connectivity index (χ1v) is 9.98. The Hall–Kier alpha value is -3.75. The highest BCUT2D eigenvalue weighted by molar-refractivity contribution is 6.00. The average molecular weight is 425 g/mol. The molecule has 0 spiro atoms. The number of fused-ring (bicyclic) bond motifs is 1. The van der Waals surface area contributed by atoms with Gasteiger partial charge in [0.2, 0.25) is 11.8 Å². The number of amides is 3. The predicted molar refractivity (Wildman–Crippen MR) is 111 cm³/mol. The Bertz CT molecular complexity index is 1010. The molecule has 0 bridgehead atoms. The Morgan fingerprint density at radius 3 is 2.68 bits per heavy atom. The highest BCUT2D eigenvalue weighted by Crippen LogP contribution is 2.35. The largest absolute Gasteiger partial charge is 0.486 e. The van der Waals surface area contributed by atoms with E-state index in [1.54, 1.807) is 24.3 Å². The maximum Gasteiger partial charge on any atom is 0.276 e. The van der Waals surface area contributed by atoms with Gasteiger partial charge in [0.15, 0.2) is 18.1 Å². The molecule has 0 aromatic heterocycles. The lowest BCUT2D eigenvalue weighted by molar-refractivity contribution is -0.132. The number of ether oxygens (including phenoxy) is 3. The van der Waals surface area contributed by atoms with Crippen LogP contribution >= 0.6 is 0 Å². The van der Waals surface area contributed by atoms with Gasteiger partial charge in [-0.25, -0.2) is 0 Å². The molecule has 0 aliphatic carbocycles. The second-order valence-corrected chi connectivity index (χ2v) is 7.32. The number of benzene rings is 2. The van der Waals surface area contributed by atoms with Gasteiger partial charge in [-0.2, -0.15) is 0 Å². The van der Waals surface area contributed by atoms with Crippen molar-refractivity contribution in [3.8, 4) is 17.2 Å². The van der Waals surface area contributed by atoms with Gasteiger partial charge >= 0.3 is 0 Å². The van der Waals surface area contributed by atoms with Gasteiger partial charge < -0.3 is 19.1 Å². The van der Waals surface area contributed by atoms with Crippen molar-refractivity contribution in [2.75, 3.05) is 31.3 Å². The smallest absolute Gasteiger partial charge is 0.276 e. The summed E-state index contributed by atoms with van der Waals surface area (Å²) in [4.78, 5) is 38.4. The molecular weight excluding hydrogens is 402 g/mol. The summed E-state index contributed by atoms with van der Waals surface area (Å²) in [5.41, 5.74) is 6.25. The van der Waals surface area contributed by atoms with E-state index in [0.29, 0.717) is 36.1 Å². The molecule has 2 N–H and O–H groups in total. The van der Waals surface area contributed by atoms with Gasteiger partial charge in [-0.05, 0) is 30.7 Å². The van der Waals surface area contributed by atoms with Gasteiger partial charge in [-0.1, -0.05) is 18.2 Å². The van der Waals surface area contributed by atoms with E-state index in [2.05, 4.69) is 10.9 Å². The topological polar surface area (TPSA) is 106 Å². The van der Waals surface area contributed by atoms with Crippen molar-refractivity contribution in [2.24, 2.45) is 5.92 Å². The van der Waals surface area contributed by atoms with E-state index in [4.69, 9.17) is 14.2 Å². The first-order valence-electron chi connectivity index (χ1n) is 9.98. The summed E-state index contributed by atoms with van der Waals surface area (Å²) in [5.74, 6) is 0.115. The number of aryl methyl sites for hydroxylation is 1. The fourth-order valence-corrected chi connectivity index (χ4v) is 3.46. The number of carbonyl (C=O) groups is 3. The summed E-state index contributed by atoms with van der Waals surface area (Å²) < 4.78 is 16.5. The van der Waals surface area contributed by atoms with Crippen molar-refractivity contribution in [2.45, 2.75) is 13.3 Å². The third-order valence-electron chi connectivity index (χ3n) is 5.11. The molecule has 2 aliphatic heterocycles. The van der Waals surface area contributed by atoms with Gasteiger partial charge in [0.1, 0.15) is 19.0 Å². The molecule has 1 atom stereocenters. The van der Waals surface area contributed by atoms with Crippen LogP contribution in [0.5, 0.6) is 17.2 Å². The van der Waals surface area contributed by atoms with Gasteiger partial charge in [0, 0.05) is 24.7 Å². The maximum atomic E-state index is 12.5. The van der Waals surface area contributed by atoms with Crippen molar-refractivity contribution >= 4 is 23.4 Å². The van der Waals surface area contributed by atoms with Crippen LogP contribution in [0.25, 0.3) is 0 Å². The van der Waals surface area contributed by atoms with Gasteiger partial charge in [0.05, 0.1) is 5.92 Å². The summed E-state index contributed by atoms with van der Waals surface area (Å²) in [7, 11) is 0. The number of anilines is 1. The molecule has 0 radical (unpaired) electrons. The maximum absolute atomic E-state index is 12.5. The highest BCUT2D eigenvalue weighted by Gasteiger charge is 2.35. The summed E-state index contributed by atoms with van der Waals surface area (Å²) >= 11 is 0. The van der Waals surface area contributed by atoms with Crippen LogP contribution in [-0.2, 0) is 14.4 Å². The molecule has 9 nitrogen and oxygen atoms in total. The Morgan fingerprint density at radius 2 is 1.87 bits per heavy atom. The molecule has 1 saturated heterocycles. The second-order valence-electron chi connectivity index (χ2n) is 7.32. The monoisotopic (exact) mass is 425 g/mol. The van der Waals surface area contributed by atoms with E-state index in [9.17, 15) is 14.4 Å². The molecule has 4 rings (SSSR count). The fraction of sp³-hybridized carbons (Fsp3) is 0.318. The number of nitrogens with one attached hydrogen (secondary N) is 2. The molecule has 162 valence electrons. The minimum atomic E-state index is -0.585. The Kier molecular flexibility index (Phi) is 5.92. The molecule has 0 saturated carbocycles. The van der Waals surface area contributed by atoms with Crippen molar-refractivity contribution < 1.29 is 28.6 Å². The highest BCUT2D eigenvalue weighted by atomic mass is 16.6. The van der Waals surface area contributed by atoms with Crippen LogP contribution in [0.2, 0.25) is 0 Å². The lowest BCUT2D eigenvalue weighted by Crippen LogP contribution is -2.46. The average Bonchev–Trinajstić information content (AvgIpc) is 3.18. The molecule has 2 aromatic carbocycles. The number of para-hydroxylation sites is 1. The molecule has 2 aliphatic rings. The van der Waals surface area contributed by atoms with E-state index >= 15 is 0 Å². The lowest BCUT2D eigenvalue weighted by atomic mass is 10.1. The van der Waals surface area contributed by atoms with Crippen molar-refractivity contribution in [1.29, 1.82) is 0 Å². The zero-order chi connectivity index (χ0) is 21.8. The number of rotatable bonds is 5. The van der Waals surface area contributed by atoms with E-state index < -0.39 is 17.7 Å². The molecule has 2 aromatic rings. The first-order chi connectivity index (χ1) is 15.0. The molecule has 2 heterocycles. The van der Waals surface area contributed by atoms with E-state index in [-0.39, 0.29) is 25.5 Å². The SMILES string of the molecule is Cc1ccccc1OCC(=O)NNC(=O)[C@@H]1CC(=O)N(c2ccc3c(c2)OCCO3)C1. The van der Waals surface area contributed by atoms with Crippen molar-refractivity contribution in [3.05, 3.63) is 48.0 Å².